The number of hydroxylamine groups is 2. The molecule has 6 nitrogen and oxygen atoms in total. The minimum absolute atomic E-state index is 0.0672. The van der Waals surface area contributed by atoms with Gasteiger partial charge in [0, 0.05) is 19.7 Å². The minimum atomic E-state index is -0.0672. The maximum Gasteiger partial charge on any atom is 0.245 e. The second-order valence-electron chi connectivity index (χ2n) is 2.59. The average molecular weight is 201 g/mol. The molecule has 6 heteroatoms. The third kappa shape index (κ3) is 6.13. The van der Waals surface area contributed by atoms with Crippen molar-refractivity contribution in [3.8, 4) is 0 Å². The molecule has 0 atom stereocenters. The molecule has 0 saturated carbocycles. The van der Waals surface area contributed by atoms with E-state index in [2.05, 4.69) is 10.7 Å². The van der Waals surface area contributed by atoms with E-state index in [0.29, 0.717) is 19.3 Å². The average Bonchev–Trinajstić information content (AvgIpc) is 2.21. The Hall–Kier alpha value is -1.43. The third-order valence-corrected chi connectivity index (χ3v) is 1.63. The number of nitrogens with zero attached hydrogens (tertiary/aromatic N) is 2. The van der Waals surface area contributed by atoms with Gasteiger partial charge in [0.2, 0.25) is 5.91 Å². The van der Waals surface area contributed by atoms with Gasteiger partial charge in [-0.25, -0.2) is 10.5 Å². The largest absolute Gasteiger partial charge is 0.275 e. The molecule has 0 aromatic carbocycles. The third-order valence-electron chi connectivity index (χ3n) is 1.63. The van der Waals surface area contributed by atoms with Crippen LogP contribution in [0.3, 0.4) is 0 Å². The van der Waals surface area contributed by atoms with Crippen LogP contribution in [-0.2, 0) is 9.63 Å². The van der Waals surface area contributed by atoms with E-state index in [1.807, 2.05) is 0 Å². The molecular weight excluding hydrogens is 186 g/mol. The zero-order chi connectivity index (χ0) is 10.8. The molecule has 0 heterocycles. The smallest absolute Gasteiger partial charge is 0.245 e. The van der Waals surface area contributed by atoms with Crippen LogP contribution in [0.4, 0.5) is 0 Å². The fraction of sp³-hybridized carbons (Fsp3) is 0.625. The van der Waals surface area contributed by atoms with Crippen LogP contribution in [0.15, 0.2) is 17.6 Å². The predicted octanol–water partition coefficient (Wildman–Crippen LogP) is 0.961. The van der Waals surface area contributed by atoms with Crippen molar-refractivity contribution in [1.82, 2.24) is 10.5 Å². The first kappa shape index (κ1) is 12.6. The zero-order valence-corrected chi connectivity index (χ0v) is 8.40. The van der Waals surface area contributed by atoms with Crippen molar-refractivity contribution >= 4 is 5.91 Å². The highest BCUT2D eigenvalue weighted by Gasteiger charge is 2.05. The molecule has 0 spiro atoms. The fourth-order valence-corrected chi connectivity index (χ4v) is 0.797. The van der Waals surface area contributed by atoms with E-state index in [1.54, 1.807) is 13.1 Å². The Bertz CT molecular complexity index is 206. The Kier molecular flexibility index (Phi) is 7.35. The molecule has 1 amide bonds. The van der Waals surface area contributed by atoms with E-state index in [-0.39, 0.29) is 5.91 Å². The summed E-state index contributed by atoms with van der Waals surface area (Å²) in [5.74, 6) is -0.0672. The normalized spacial score (nSPS) is 10.1. The zero-order valence-electron chi connectivity index (χ0n) is 8.40. The molecule has 0 aliphatic carbocycles. The van der Waals surface area contributed by atoms with Crippen LogP contribution in [0.25, 0.3) is 0 Å². The topological polar surface area (TPSA) is 71.0 Å². The van der Waals surface area contributed by atoms with Gasteiger partial charge in [0.1, 0.15) is 0 Å². The van der Waals surface area contributed by atoms with Gasteiger partial charge in [0.25, 0.3) is 0 Å². The van der Waals surface area contributed by atoms with Crippen LogP contribution in [0.1, 0.15) is 19.3 Å². The number of nitroso groups, excluding NO2 is 1. The molecule has 0 radical (unpaired) electrons. The lowest BCUT2D eigenvalue weighted by Gasteiger charge is -2.12. The summed E-state index contributed by atoms with van der Waals surface area (Å²) in [5.41, 5.74) is 2.14. The first-order valence-electron chi connectivity index (χ1n) is 4.26. The second kappa shape index (κ2) is 8.18. The number of allylic oxidation sites excluding steroid dienone is 1. The van der Waals surface area contributed by atoms with Crippen LogP contribution >= 0.6 is 0 Å². The van der Waals surface area contributed by atoms with Gasteiger partial charge < -0.3 is 0 Å². The number of hydrogen-bond donors (Lipinski definition) is 1. The molecule has 0 unspecified atom stereocenters. The molecular formula is C8H15N3O3. The van der Waals surface area contributed by atoms with E-state index in [1.165, 1.54) is 18.4 Å². The molecule has 0 rings (SSSR count). The number of carbonyl (C=O) groups is 1. The summed E-state index contributed by atoms with van der Waals surface area (Å²) in [6, 6.07) is 0. The summed E-state index contributed by atoms with van der Waals surface area (Å²) in [6.07, 6.45) is 5.03. The van der Waals surface area contributed by atoms with Gasteiger partial charge >= 0.3 is 0 Å². The highest BCUT2D eigenvalue weighted by molar-refractivity contribution is 5.74. The van der Waals surface area contributed by atoms with Gasteiger partial charge in [-0.15, -0.1) is 4.91 Å². The SMILES string of the molecule is CON(C)C(=O)CCCC=CNN=O. The molecule has 0 aliphatic rings. The number of nitrogens with one attached hydrogen (secondary N) is 1. The van der Waals surface area contributed by atoms with Crippen molar-refractivity contribution < 1.29 is 9.63 Å². The number of carbonyl (C=O) groups excluding carboxylic acids is 1. The highest BCUT2D eigenvalue weighted by atomic mass is 16.7. The van der Waals surface area contributed by atoms with Crippen molar-refractivity contribution in [2.75, 3.05) is 14.2 Å². The number of hydrogen-bond acceptors (Lipinski definition) is 4. The van der Waals surface area contributed by atoms with Crippen molar-refractivity contribution in [3.05, 3.63) is 17.2 Å². The Morgan fingerprint density at radius 2 is 2.36 bits per heavy atom. The molecule has 0 bridgehead atoms. The maximum atomic E-state index is 11.2. The molecule has 0 fully saturated rings. The lowest BCUT2D eigenvalue weighted by Crippen LogP contribution is -2.24. The van der Waals surface area contributed by atoms with Gasteiger partial charge in [-0.05, 0) is 12.8 Å². The maximum absolute atomic E-state index is 11.2. The van der Waals surface area contributed by atoms with Gasteiger partial charge in [0.05, 0.1) is 12.4 Å². The van der Waals surface area contributed by atoms with Gasteiger partial charge in [0.15, 0.2) is 0 Å². The summed E-state index contributed by atoms with van der Waals surface area (Å²) < 4.78 is 0. The van der Waals surface area contributed by atoms with Gasteiger partial charge in [-0.3, -0.25) is 9.63 Å². The monoisotopic (exact) mass is 201 g/mol. The van der Waals surface area contributed by atoms with Gasteiger partial charge in [-0.1, -0.05) is 6.08 Å². The van der Waals surface area contributed by atoms with Gasteiger partial charge in [-0.2, -0.15) is 0 Å². The van der Waals surface area contributed by atoms with Crippen LogP contribution in [0, 0.1) is 4.91 Å². The Morgan fingerprint density at radius 1 is 1.64 bits per heavy atom. The number of amides is 1. The quantitative estimate of drug-likeness (QED) is 0.378. The molecule has 0 aromatic rings. The Morgan fingerprint density at radius 3 is 2.93 bits per heavy atom. The summed E-state index contributed by atoms with van der Waals surface area (Å²) in [4.78, 5) is 25.4. The highest BCUT2D eigenvalue weighted by Crippen LogP contribution is 1.99. The Labute approximate surface area is 82.8 Å². The van der Waals surface area contributed by atoms with E-state index in [4.69, 9.17) is 4.84 Å². The van der Waals surface area contributed by atoms with Crippen LogP contribution in [-0.4, -0.2) is 25.1 Å². The molecule has 80 valence electrons. The van der Waals surface area contributed by atoms with Crippen molar-refractivity contribution in [1.29, 1.82) is 0 Å². The summed E-state index contributed by atoms with van der Waals surface area (Å²) in [6.45, 7) is 0. The summed E-state index contributed by atoms with van der Waals surface area (Å²) in [7, 11) is 3.01. The standard InChI is InChI=1S/C8H15N3O3/c1-11(14-2)8(12)6-4-3-5-7-9-10-13/h5,7H,3-4,6H2,1-2H3,(H,9,13). The molecule has 14 heavy (non-hydrogen) atoms. The van der Waals surface area contributed by atoms with Crippen molar-refractivity contribution in [3.63, 3.8) is 0 Å². The van der Waals surface area contributed by atoms with E-state index in [9.17, 15) is 9.70 Å². The van der Waals surface area contributed by atoms with Crippen LogP contribution in [0.2, 0.25) is 0 Å². The first-order valence-corrected chi connectivity index (χ1v) is 4.26. The van der Waals surface area contributed by atoms with E-state index in [0.717, 1.165) is 0 Å². The molecule has 0 saturated heterocycles. The number of unbranched alkanes of at least 4 members (excludes halogenated alkanes) is 1. The summed E-state index contributed by atoms with van der Waals surface area (Å²) in [5, 5.41) is 3.62. The predicted molar refractivity (Wildman–Crippen MR) is 51.7 cm³/mol. The van der Waals surface area contributed by atoms with E-state index < -0.39 is 0 Å². The van der Waals surface area contributed by atoms with E-state index >= 15 is 0 Å². The van der Waals surface area contributed by atoms with Crippen LogP contribution < -0.4 is 5.43 Å². The first-order chi connectivity index (χ1) is 6.72. The molecule has 0 aromatic heterocycles. The van der Waals surface area contributed by atoms with Crippen LogP contribution in [0.5, 0.6) is 0 Å². The minimum Gasteiger partial charge on any atom is -0.275 e. The lowest BCUT2D eigenvalue weighted by atomic mass is 10.2. The summed E-state index contributed by atoms with van der Waals surface area (Å²) >= 11 is 0. The second-order valence-corrected chi connectivity index (χ2v) is 2.59. The lowest BCUT2D eigenvalue weighted by molar-refractivity contribution is -0.168. The fourth-order valence-electron chi connectivity index (χ4n) is 0.797. The van der Waals surface area contributed by atoms with Crippen molar-refractivity contribution in [2.45, 2.75) is 19.3 Å². The van der Waals surface area contributed by atoms with Crippen molar-refractivity contribution in [2.24, 2.45) is 5.29 Å². The number of rotatable bonds is 7. The molecule has 1 N–H and O–H groups in total. The molecule has 0 aliphatic heterocycles. The Balaban J connectivity index is 3.44.